The van der Waals surface area contributed by atoms with Crippen LogP contribution in [0.5, 0.6) is 0 Å². The van der Waals surface area contributed by atoms with E-state index in [0.29, 0.717) is 11.8 Å². The van der Waals surface area contributed by atoms with Crippen molar-refractivity contribution in [1.29, 1.82) is 0 Å². The number of rotatable bonds is 3. The van der Waals surface area contributed by atoms with Gasteiger partial charge in [-0.2, -0.15) is 0 Å². The summed E-state index contributed by atoms with van der Waals surface area (Å²) >= 11 is 0. The third kappa shape index (κ3) is 3.00. The molecule has 1 aliphatic rings. The highest BCUT2D eigenvalue weighted by molar-refractivity contribution is 5.23. The summed E-state index contributed by atoms with van der Waals surface area (Å²) in [6, 6.07) is 2.02. The summed E-state index contributed by atoms with van der Waals surface area (Å²) in [4.78, 5) is 0. The van der Waals surface area contributed by atoms with E-state index in [1.54, 1.807) is 0 Å². The number of halogens is 3. The van der Waals surface area contributed by atoms with Crippen molar-refractivity contribution < 1.29 is 18.3 Å². The van der Waals surface area contributed by atoms with Crippen LogP contribution in [0.4, 0.5) is 13.2 Å². The van der Waals surface area contributed by atoms with Crippen molar-refractivity contribution in [3.8, 4) is 0 Å². The molecule has 0 heterocycles. The smallest absolute Gasteiger partial charge is 0.194 e. The van der Waals surface area contributed by atoms with Gasteiger partial charge in [-0.3, -0.25) is 0 Å². The lowest BCUT2D eigenvalue weighted by Crippen LogP contribution is -2.23. The van der Waals surface area contributed by atoms with E-state index in [9.17, 15) is 18.3 Å². The Bertz CT molecular complexity index is 465. The minimum Gasteiger partial charge on any atom is -0.388 e. The van der Waals surface area contributed by atoms with E-state index < -0.39 is 23.6 Å². The van der Waals surface area contributed by atoms with Crippen molar-refractivity contribution in [3.05, 3.63) is 35.1 Å². The van der Waals surface area contributed by atoms with Gasteiger partial charge in [0.2, 0.25) is 0 Å². The molecule has 0 radical (unpaired) electrons. The molecule has 0 spiro atoms. The SMILES string of the molecule is CC(C)C1CCC(C(O)c2ccc(F)c(F)c2F)CC1. The molecule has 1 N–H and O–H groups in total. The first-order chi connectivity index (χ1) is 9.41. The van der Waals surface area contributed by atoms with Gasteiger partial charge < -0.3 is 5.11 Å². The quantitative estimate of drug-likeness (QED) is 0.805. The predicted octanol–water partition coefficient (Wildman–Crippen LogP) is 4.60. The summed E-state index contributed by atoms with van der Waals surface area (Å²) in [5.41, 5.74) is -0.128. The summed E-state index contributed by atoms with van der Waals surface area (Å²) < 4.78 is 39.8. The molecule has 1 saturated carbocycles. The average Bonchev–Trinajstić information content (AvgIpc) is 2.44. The van der Waals surface area contributed by atoms with Crippen molar-refractivity contribution in [3.63, 3.8) is 0 Å². The fourth-order valence-corrected chi connectivity index (χ4v) is 3.15. The molecule has 112 valence electrons. The number of aliphatic hydroxyl groups excluding tert-OH is 1. The predicted molar refractivity (Wildman–Crippen MR) is 71.6 cm³/mol. The molecule has 0 aromatic heterocycles. The van der Waals surface area contributed by atoms with E-state index in [0.717, 1.165) is 37.8 Å². The highest BCUT2D eigenvalue weighted by Gasteiger charge is 2.30. The van der Waals surface area contributed by atoms with Crippen LogP contribution < -0.4 is 0 Å². The van der Waals surface area contributed by atoms with Crippen LogP contribution in [0.2, 0.25) is 0 Å². The summed E-state index contributed by atoms with van der Waals surface area (Å²) in [5.74, 6) is -2.83. The van der Waals surface area contributed by atoms with E-state index in [2.05, 4.69) is 13.8 Å². The topological polar surface area (TPSA) is 20.2 Å². The van der Waals surface area contributed by atoms with E-state index in [4.69, 9.17) is 0 Å². The fraction of sp³-hybridized carbons (Fsp3) is 0.625. The Hall–Kier alpha value is -1.03. The van der Waals surface area contributed by atoms with Gasteiger partial charge in [0.25, 0.3) is 0 Å². The summed E-state index contributed by atoms with van der Waals surface area (Å²) in [7, 11) is 0. The zero-order valence-corrected chi connectivity index (χ0v) is 11.9. The van der Waals surface area contributed by atoms with E-state index in [-0.39, 0.29) is 11.5 Å². The molecule has 1 fully saturated rings. The molecular weight excluding hydrogens is 265 g/mol. The molecule has 0 bridgehead atoms. The first-order valence-corrected chi connectivity index (χ1v) is 7.23. The maximum absolute atomic E-state index is 13.7. The van der Waals surface area contributed by atoms with Gasteiger partial charge in [0.05, 0.1) is 6.10 Å². The van der Waals surface area contributed by atoms with Crippen LogP contribution in [-0.2, 0) is 0 Å². The minimum atomic E-state index is -1.50. The molecule has 1 aliphatic carbocycles. The lowest BCUT2D eigenvalue weighted by molar-refractivity contribution is 0.0634. The van der Waals surface area contributed by atoms with Gasteiger partial charge in [0.1, 0.15) is 0 Å². The molecule has 20 heavy (non-hydrogen) atoms. The van der Waals surface area contributed by atoms with Crippen LogP contribution in [0.25, 0.3) is 0 Å². The summed E-state index contributed by atoms with van der Waals surface area (Å²) in [6.45, 7) is 4.35. The van der Waals surface area contributed by atoms with Crippen molar-refractivity contribution in [2.24, 2.45) is 17.8 Å². The van der Waals surface area contributed by atoms with Crippen LogP contribution >= 0.6 is 0 Å². The molecule has 4 heteroatoms. The first-order valence-electron chi connectivity index (χ1n) is 7.23. The molecule has 1 nitrogen and oxygen atoms in total. The van der Waals surface area contributed by atoms with Crippen LogP contribution in [0.3, 0.4) is 0 Å². The fourth-order valence-electron chi connectivity index (χ4n) is 3.15. The third-order valence-electron chi connectivity index (χ3n) is 4.59. The molecule has 0 amide bonds. The van der Waals surface area contributed by atoms with Crippen molar-refractivity contribution >= 4 is 0 Å². The van der Waals surface area contributed by atoms with E-state index in [1.807, 2.05) is 0 Å². The maximum atomic E-state index is 13.7. The van der Waals surface area contributed by atoms with Gasteiger partial charge in [0, 0.05) is 5.56 Å². The number of benzene rings is 1. The summed E-state index contributed by atoms with van der Waals surface area (Å²) in [5, 5.41) is 10.2. The third-order valence-corrected chi connectivity index (χ3v) is 4.59. The average molecular weight is 286 g/mol. The Morgan fingerprint density at radius 3 is 2.05 bits per heavy atom. The second-order valence-corrected chi connectivity index (χ2v) is 6.13. The van der Waals surface area contributed by atoms with E-state index in [1.165, 1.54) is 0 Å². The van der Waals surface area contributed by atoms with Crippen LogP contribution in [0, 0.1) is 35.2 Å². The molecule has 1 atom stereocenters. The number of aliphatic hydroxyl groups is 1. The van der Waals surface area contributed by atoms with E-state index >= 15 is 0 Å². The maximum Gasteiger partial charge on any atom is 0.194 e. The van der Waals surface area contributed by atoms with Crippen molar-refractivity contribution in [1.82, 2.24) is 0 Å². The van der Waals surface area contributed by atoms with Gasteiger partial charge >= 0.3 is 0 Å². The monoisotopic (exact) mass is 286 g/mol. The Morgan fingerprint density at radius 1 is 0.950 bits per heavy atom. The largest absolute Gasteiger partial charge is 0.388 e. The second kappa shape index (κ2) is 6.17. The Labute approximate surface area is 117 Å². The Morgan fingerprint density at radius 2 is 1.50 bits per heavy atom. The van der Waals surface area contributed by atoms with Crippen LogP contribution in [-0.4, -0.2) is 5.11 Å². The molecule has 1 unspecified atom stereocenters. The normalized spacial score (nSPS) is 24.9. The highest BCUT2D eigenvalue weighted by Crippen LogP contribution is 2.40. The number of hydrogen-bond donors (Lipinski definition) is 1. The van der Waals surface area contributed by atoms with Gasteiger partial charge in [-0.15, -0.1) is 0 Å². The zero-order chi connectivity index (χ0) is 14.9. The van der Waals surface area contributed by atoms with Gasteiger partial charge in [-0.05, 0) is 49.5 Å². The standard InChI is InChI=1S/C16H21F3O/c1-9(2)10-3-5-11(6-4-10)16(20)12-7-8-13(17)15(19)14(12)18/h7-11,16,20H,3-6H2,1-2H3. The molecular formula is C16H21F3O. The summed E-state index contributed by atoms with van der Waals surface area (Å²) in [6.07, 6.45) is 2.51. The Balaban J connectivity index is 2.09. The lowest BCUT2D eigenvalue weighted by Gasteiger charge is -2.33. The van der Waals surface area contributed by atoms with Crippen LogP contribution in [0.1, 0.15) is 51.2 Å². The van der Waals surface area contributed by atoms with Crippen molar-refractivity contribution in [2.75, 3.05) is 0 Å². The molecule has 0 aliphatic heterocycles. The minimum absolute atomic E-state index is 0.0793. The molecule has 0 saturated heterocycles. The molecule has 2 rings (SSSR count). The first kappa shape index (κ1) is 15.4. The zero-order valence-electron chi connectivity index (χ0n) is 11.9. The molecule has 1 aromatic carbocycles. The van der Waals surface area contributed by atoms with Gasteiger partial charge in [-0.25, -0.2) is 13.2 Å². The van der Waals surface area contributed by atoms with Crippen LogP contribution in [0.15, 0.2) is 12.1 Å². The highest BCUT2D eigenvalue weighted by atomic mass is 19.2. The van der Waals surface area contributed by atoms with Crippen molar-refractivity contribution in [2.45, 2.75) is 45.6 Å². The molecule has 1 aromatic rings. The lowest BCUT2D eigenvalue weighted by atomic mass is 9.74. The van der Waals surface area contributed by atoms with Gasteiger partial charge in [-0.1, -0.05) is 19.9 Å². The second-order valence-electron chi connectivity index (χ2n) is 6.13. The Kier molecular flexibility index (Phi) is 4.74. The van der Waals surface area contributed by atoms with Gasteiger partial charge in [0.15, 0.2) is 17.5 Å². The number of hydrogen-bond acceptors (Lipinski definition) is 1.